The number of rotatable bonds is 7. The molecule has 13 heavy (non-hydrogen) atoms. The summed E-state index contributed by atoms with van der Waals surface area (Å²) in [5.41, 5.74) is 0. The van der Waals surface area contributed by atoms with Crippen molar-refractivity contribution in [3.63, 3.8) is 0 Å². The highest BCUT2D eigenvalue weighted by molar-refractivity contribution is 7.98. The van der Waals surface area contributed by atoms with Crippen LogP contribution in [0.2, 0.25) is 0 Å². The fourth-order valence-electron chi connectivity index (χ4n) is 0.927. The maximum atomic E-state index is 10.7. The first-order chi connectivity index (χ1) is 6.07. The maximum absolute atomic E-state index is 10.7. The second-order valence-corrected chi connectivity index (χ2v) is 4.46. The Balaban J connectivity index is 3.74. The van der Waals surface area contributed by atoms with Gasteiger partial charge in [-0.1, -0.05) is 13.8 Å². The minimum absolute atomic E-state index is 0.380. The topological polar surface area (TPSA) is 49.3 Å². The van der Waals surface area contributed by atoms with Crippen molar-refractivity contribution in [2.45, 2.75) is 26.3 Å². The molecule has 2 N–H and O–H groups in total. The van der Waals surface area contributed by atoms with Crippen LogP contribution in [0.3, 0.4) is 0 Å². The van der Waals surface area contributed by atoms with Crippen LogP contribution in [-0.4, -0.2) is 35.7 Å². The minimum Gasteiger partial charge on any atom is -0.480 e. The lowest BCUT2D eigenvalue weighted by Gasteiger charge is -2.15. The van der Waals surface area contributed by atoms with Gasteiger partial charge >= 0.3 is 5.97 Å². The predicted octanol–water partition coefficient (Wildman–Crippen LogP) is 1.44. The van der Waals surface area contributed by atoms with Crippen molar-refractivity contribution in [1.82, 2.24) is 5.32 Å². The summed E-state index contributed by atoms with van der Waals surface area (Å²) in [4.78, 5) is 10.7. The van der Waals surface area contributed by atoms with Gasteiger partial charge in [0.15, 0.2) is 0 Å². The summed E-state index contributed by atoms with van der Waals surface area (Å²) in [6.07, 6.45) is 2.69. The smallest absolute Gasteiger partial charge is 0.320 e. The van der Waals surface area contributed by atoms with E-state index in [2.05, 4.69) is 19.2 Å². The van der Waals surface area contributed by atoms with Gasteiger partial charge < -0.3 is 10.4 Å². The van der Waals surface area contributed by atoms with E-state index in [1.165, 1.54) is 0 Å². The average Bonchev–Trinajstić information content (AvgIpc) is 2.03. The van der Waals surface area contributed by atoms with Crippen LogP contribution in [0.4, 0.5) is 0 Å². The monoisotopic (exact) mass is 205 g/mol. The molecule has 1 atom stereocenters. The number of hydrogen-bond donors (Lipinski definition) is 2. The molecule has 0 rings (SSSR count). The number of carboxylic acids is 1. The molecule has 0 aromatic heterocycles. The molecule has 0 aliphatic rings. The summed E-state index contributed by atoms with van der Waals surface area (Å²) < 4.78 is 0. The summed E-state index contributed by atoms with van der Waals surface area (Å²) in [5, 5.41) is 11.9. The molecule has 3 nitrogen and oxygen atoms in total. The van der Waals surface area contributed by atoms with Crippen molar-refractivity contribution in [3.05, 3.63) is 0 Å². The fourth-order valence-corrected chi connectivity index (χ4v) is 1.40. The van der Waals surface area contributed by atoms with Gasteiger partial charge in [-0.15, -0.1) is 0 Å². The molecule has 0 aromatic rings. The van der Waals surface area contributed by atoms with E-state index in [4.69, 9.17) is 5.11 Å². The van der Waals surface area contributed by atoms with E-state index < -0.39 is 5.97 Å². The first-order valence-electron chi connectivity index (χ1n) is 4.53. The van der Waals surface area contributed by atoms with E-state index >= 15 is 0 Å². The van der Waals surface area contributed by atoms with Gasteiger partial charge in [-0.05, 0) is 30.9 Å². The van der Waals surface area contributed by atoms with E-state index in [-0.39, 0.29) is 6.04 Å². The third-order valence-electron chi connectivity index (χ3n) is 1.68. The van der Waals surface area contributed by atoms with Crippen LogP contribution in [0.1, 0.15) is 20.3 Å². The minimum atomic E-state index is -0.741. The molecule has 4 heteroatoms. The van der Waals surface area contributed by atoms with Crippen LogP contribution in [0.5, 0.6) is 0 Å². The van der Waals surface area contributed by atoms with Gasteiger partial charge in [-0.25, -0.2) is 0 Å². The molecule has 0 radical (unpaired) electrons. The summed E-state index contributed by atoms with van der Waals surface area (Å²) in [7, 11) is 0. The molecule has 78 valence electrons. The summed E-state index contributed by atoms with van der Waals surface area (Å²) in [6, 6.07) is -0.380. The van der Waals surface area contributed by atoms with E-state index in [1.807, 2.05) is 6.26 Å². The molecule has 0 fully saturated rings. The van der Waals surface area contributed by atoms with Gasteiger partial charge in [0, 0.05) is 0 Å². The Morgan fingerprint density at radius 3 is 2.54 bits per heavy atom. The van der Waals surface area contributed by atoms with E-state index in [9.17, 15) is 4.79 Å². The molecule has 0 bridgehead atoms. The van der Waals surface area contributed by atoms with Crippen LogP contribution in [0.15, 0.2) is 0 Å². The first-order valence-corrected chi connectivity index (χ1v) is 5.92. The van der Waals surface area contributed by atoms with Gasteiger partial charge in [0.1, 0.15) is 6.04 Å². The number of nitrogens with one attached hydrogen (secondary N) is 1. The van der Waals surface area contributed by atoms with E-state index in [0.717, 1.165) is 12.3 Å². The standard InChI is InChI=1S/C9H19NO2S/c1-7(2)6-10-8(9(11)12)4-5-13-3/h7-8,10H,4-6H2,1-3H3,(H,11,12)/t8-/m0/s1. The number of carboxylic acid groups (broad SMARTS) is 1. The number of aliphatic carboxylic acids is 1. The second kappa shape index (κ2) is 7.21. The van der Waals surface area contributed by atoms with Crippen molar-refractivity contribution >= 4 is 17.7 Å². The van der Waals surface area contributed by atoms with E-state index in [0.29, 0.717) is 12.3 Å². The normalized spacial score (nSPS) is 13.2. The molecule has 0 amide bonds. The number of hydrogen-bond acceptors (Lipinski definition) is 3. The van der Waals surface area contributed by atoms with Crippen molar-refractivity contribution in [2.24, 2.45) is 5.92 Å². The summed E-state index contributed by atoms with van der Waals surface area (Å²) in [5.74, 6) is 0.646. The van der Waals surface area contributed by atoms with Crippen LogP contribution in [-0.2, 0) is 4.79 Å². The molecule has 0 saturated heterocycles. The zero-order chi connectivity index (χ0) is 10.3. The lowest BCUT2D eigenvalue weighted by molar-refractivity contribution is -0.139. The van der Waals surface area contributed by atoms with Crippen LogP contribution >= 0.6 is 11.8 Å². The third-order valence-corrected chi connectivity index (χ3v) is 2.33. The largest absolute Gasteiger partial charge is 0.480 e. The van der Waals surface area contributed by atoms with Crippen molar-refractivity contribution in [1.29, 1.82) is 0 Å². The lowest BCUT2D eigenvalue weighted by Crippen LogP contribution is -2.39. The third kappa shape index (κ3) is 6.90. The van der Waals surface area contributed by atoms with Crippen LogP contribution in [0, 0.1) is 5.92 Å². The summed E-state index contributed by atoms with van der Waals surface area (Å²) in [6.45, 7) is 4.91. The zero-order valence-corrected chi connectivity index (χ0v) is 9.36. The molecule has 0 aliphatic heterocycles. The Kier molecular flexibility index (Phi) is 7.09. The van der Waals surface area contributed by atoms with Gasteiger partial charge in [0.2, 0.25) is 0 Å². The number of carbonyl (C=O) groups is 1. The molecule has 0 unspecified atom stereocenters. The first kappa shape index (κ1) is 12.8. The van der Waals surface area contributed by atoms with Gasteiger partial charge in [-0.2, -0.15) is 11.8 Å². The fraction of sp³-hybridized carbons (Fsp3) is 0.889. The highest BCUT2D eigenvalue weighted by atomic mass is 32.2. The molecular weight excluding hydrogens is 186 g/mol. The molecule has 0 heterocycles. The lowest BCUT2D eigenvalue weighted by atomic mass is 10.2. The molecular formula is C9H19NO2S. The highest BCUT2D eigenvalue weighted by Crippen LogP contribution is 2.01. The molecule has 0 saturated carbocycles. The maximum Gasteiger partial charge on any atom is 0.320 e. The van der Waals surface area contributed by atoms with Crippen molar-refractivity contribution < 1.29 is 9.90 Å². The SMILES string of the molecule is CSCC[C@H](NCC(C)C)C(=O)O. The molecule has 0 spiro atoms. The van der Waals surface area contributed by atoms with Crippen molar-refractivity contribution in [3.8, 4) is 0 Å². The average molecular weight is 205 g/mol. The van der Waals surface area contributed by atoms with Crippen molar-refractivity contribution in [2.75, 3.05) is 18.6 Å². The molecule has 0 aliphatic carbocycles. The Morgan fingerprint density at radius 1 is 1.54 bits per heavy atom. The van der Waals surface area contributed by atoms with Gasteiger partial charge in [-0.3, -0.25) is 4.79 Å². The zero-order valence-electron chi connectivity index (χ0n) is 8.54. The van der Waals surface area contributed by atoms with Gasteiger partial charge in [0.05, 0.1) is 0 Å². The Hall–Kier alpha value is -0.220. The second-order valence-electron chi connectivity index (χ2n) is 3.47. The Bertz CT molecular complexity index is 151. The van der Waals surface area contributed by atoms with Crippen LogP contribution < -0.4 is 5.32 Å². The summed E-state index contributed by atoms with van der Waals surface area (Å²) >= 11 is 1.68. The molecule has 0 aromatic carbocycles. The Labute approximate surface area is 84.3 Å². The van der Waals surface area contributed by atoms with E-state index in [1.54, 1.807) is 11.8 Å². The highest BCUT2D eigenvalue weighted by Gasteiger charge is 2.15. The number of thioether (sulfide) groups is 1. The van der Waals surface area contributed by atoms with Crippen LogP contribution in [0.25, 0.3) is 0 Å². The Morgan fingerprint density at radius 2 is 2.15 bits per heavy atom. The van der Waals surface area contributed by atoms with Gasteiger partial charge in [0.25, 0.3) is 0 Å². The quantitative estimate of drug-likeness (QED) is 0.660. The predicted molar refractivity (Wildman–Crippen MR) is 57.3 cm³/mol.